The lowest BCUT2D eigenvalue weighted by atomic mass is 9.90. The van der Waals surface area contributed by atoms with Gasteiger partial charge >= 0.3 is 11.8 Å². The third-order valence-corrected chi connectivity index (χ3v) is 6.92. The van der Waals surface area contributed by atoms with Gasteiger partial charge in [-0.15, -0.1) is 16.9 Å². The molecule has 1 aliphatic rings. The third kappa shape index (κ3) is 5.45. The van der Waals surface area contributed by atoms with Crippen LogP contribution < -0.4 is 16.0 Å². The Balaban J connectivity index is 1.73. The number of aromatic nitrogens is 2. The van der Waals surface area contributed by atoms with Gasteiger partial charge in [0.05, 0.1) is 18.2 Å². The molecule has 11 heteroatoms. The summed E-state index contributed by atoms with van der Waals surface area (Å²) in [5, 5.41) is 18.4. The number of H-pyrrole nitrogens is 1. The molecule has 0 unspecified atom stereocenters. The molecule has 0 saturated heterocycles. The Morgan fingerprint density at radius 2 is 2.03 bits per heavy atom. The maximum Gasteiger partial charge on any atom is 0.434 e. The van der Waals surface area contributed by atoms with E-state index < -0.39 is 23.3 Å². The summed E-state index contributed by atoms with van der Waals surface area (Å²) in [4.78, 5) is 39.0. The number of halogens is 1. The SMILES string of the molecule is CC(C)(C[C@H]1CSc2ccc(-c3n[nH]c(=O)o3)cc2N(Cc2ccc(Cl)cc2)C1=O)NC(=O)O. The van der Waals surface area contributed by atoms with Gasteiger partial charge in [0, 0.05) is 26.8 Å². The van der Waals surface area contributed by atoms with E-state index in [-0.39, 0.29) is 11.8 Å². The third-order valence-electron chi connectivity index (χ3n) is 5.45. The van der Waals surface area contributed by atoms with Gasteiger partial charge in [0.15, 0.2) is 0 Å². The number of carbonyl (C=O) groups is 2. The van der Waals surface area contributed by atoms with Crippen molar-refractivity contribution in [1.82, 2.24) is 15.5 Å². The minimum atomic E-state index is -1.13. The highest BCUT2D eigenvalue weighted by Crippen LogP contribution is 2.40. The van der Waals surface area contributed by atoms with Crippen LogP contribution in [0.3, 0.4) is 0 Å². The number of anilines is 1. The van der Waals surface area contributed by atoms with Gasteiger partial charge in [-0.3, -0.25) is 4.79 Å². The molecule has 0 aliphatic carbocycles. The van der Waals surface area contributed by atoms with Gasteiger partial charge in [-0.1, -0.05) is 23.7 Å². The summed E-state index contributed by atoms with van der Waals surface area (Å²) in [5.41, 5.74) is 1.31. The monoisotopic (exact) mass is 502 g/mol. The second-order valence-electron chi connectivity index (χ2n) is 8.68. The van der Waals surface area contributed by atoms with Crippen molar-refractivity contribution in [2.75, 3.05) is 10.7 Å². The summed E-state index contributed by atoms with van der Waals surface area (Å²) in [5.74, 6) is -0.601. The number of aromatic amines is 1. The second-order valence-corrected chi connectivity index (χ2v) is 10.2. The van der Waals surface area contributed by atoms with Crippen LogP contribution in [-0.2, 0) is 11.3 Å². The smallest absolute Gasteiger partial charge is 0.434 e. The summed E-state index contributed by atoms with van der Waals surface area (Å²) in [6, 6.07) is 12.7. The lowest BCUT2D eigenvalue weighted by Gasteiger charge is -2.31. The molecular formula is C23H23ClN4O5S. The maximum absolute atomic E-state index is 13.8. The average Bonchev–Trinajstić information content (AvgIpc) is 3.16. The number of carboxylic acid groups (broad SMARTS) is 1. The standard InChI is InChI=1S/C23H23ClN4O5S/c1-23(2,25-21(30)31)10-15-12-34-18-8-5-14(19-26-27-22(32)33-19)9-17(18)28(20(15)29)11-13-3-6-16(24)7-4-13/h3-9,15,25H,10-12H2,1-2H3,(H,27,32)(H,30,31)/t15-/m0/s1. The Kier molecular flexibility index (Phi) is 6.72. The zero-order valence-electron chi connectivity index (χ0n) is 18.5. The highest BCUT2D eigenvalue weighted by atomic mass is 35.5. The molecule has 2 heterocycles. The van der Waals surface area contributed by atoms with E-state index in [4.69, 9.17) is 16.0 Å². The fraction of sp³-hybridized carbons (Fsp3) is 0.304. The van der Waals surface area contributed by atoms with E-state index in [0.29, 0.717) is 35.0 Å². The van der Waals surface area contributed by atoms with Crippen molar-refractivity contribution >= 4 is 41.1 Å². The second kappa shape index (κ2) is 9.55. The Morgan fingerprint density at radius 3 is 2.68 bits per heavy atom. The molecule has 1 atom stereocenters. The fourth-order valence-corrected chi connectivity index (χ4v) is 5.22. The molecule has 0 saturated carbocycles. The van der Waals surface area contributed by atoms with Crippen molar-refractivity contribution in [3.8, 4) is 11.5 Å². The minimum absolute atomic E-state index is 0.123. The number of hydrogen-bond acceptors (Lipinski definition) is 6. The van der Waals surface area contributed by atoms with Gasteiger partial charge in [0.25, 0.3) is 0 Å². The van der Waals surface area contributed by atoms with Crippen LogP contribution in [0.4, 0.5) is 10.5 Å². The average molecular weight is 503 g/mol. The van der Waals surface area contributed by atoms with Crippen LogP contribution in [0.2, 0.25) is 5.02 Å². The van der Waals surface area contributed by atoms with Crippen LogP contribution in [0.25, 0.3) is 11.5 Å². The van der Waals surface area contributed by atoms with Gasteiger partial charge in [0.1, 0.15) is 0 Å². The summed E-state index contributed by atoms with van der Waals surface area (Å²) in [7, 11) is 0. The molecule has 0 fully saturated rings. The first-order chi connectivity index (χ1) is 16.1. The number of hydrogen-bond donors (Lipinski definition) is 3. The van der Waals surface area contributed by atoms with Crippen LogP contribution in [-0.4, -0.2) is 38.6 Å². The van der Waals surface area contributed by atoms with Crippen LogP contribution >= 0.6 is 23.4 Å². The summed E-state index contributed by atoms with van der Waals surface area (Å²) in [6.45, 7) is 3.82. The number of amides is 2. The molecule has 2 amide bonds. The van der Waals surface area contributed by atoms with Crippen LogP contribution in [0.15, 0.2) is 56.6 Å². The van der Waals surface area contributed by atoms with E-state index in [0.717, 1.165) is 10.5 Å². The first kappa shape index (κ1) is 23.9. The van der Waals surface area contributed by atoms with Crippen LogP contribution in [0.5, 0.6) is 0 Å². The Labute approximate surface area is 204 Å². The van der Waals surface area contributed by atoms with Crippen molar-refractivity contribution in [2.45, 2.75) is 37.2 Å². The van der Waals surface area contributed by atoms with Crippen molar-refractivity contribution in [3.63, 3.8) is 0 Å². The Bertz CT molecular complexity index is 1270. The molecule has 3 N–H and O–H groups in total. The fourth-order valence-electron chi connectivity index (χ4n) is 3.98. The number of benzene rings is 2. The molecular weight excluding hydrogens is 480 g/mol. The molecule has 2 aromatic carbocycles. The van der Waals surface area contributed by atoms with E-state index in [1.807, 2.05) is 18.2 Å². The quantitative estimate of drug-likeness (QED) is 0.456. The van der Waals surface area contributed by atoms with Crippen molar-refractivity contribution < 1.29 is 19.1 Å². The topological polar surface area (TPSA) is 129 Å². The molecule has 0 spiro atoms. The molecule has 9 nitrogen and oxygen atoms in total. The van der Waals surface area contributed by atoms with Crippen LogP contribution in [0, 0.1) is 5.92 Å². The van der Waals surface area contributed by atoms with Gasteiger partial charge in [-0.05, 0) is 56.2 Å². The maximum atomic E-state index is 13.8. The zero-order chi connectivity index (χ0) is 24.5. The number of nitrogens with one attached hydrogen (secondary N) is 2. The molecule has 0 bridgehead atoms. The van der Waals surface area contributed by atoms with Crippen molar-refractivity contribution in [2.24, 2.45) is 5.92 Å². The number of thioether (sulfide) groups is 1. The largest absolute Gasteiger partial charge is 0.465 e. The minimum Gasteiger partial charge on any atom is -0.465 e. The van der Waals surface area contributed by atoms with E-state index in [9.17, 15) is 19.5 Å². The molecule has 0 radical (unpaired) electrons. The van der Waals surface area contributed by atoms with Gasteiger partial charge < -0.3 is 19.7 Å². The van der Waals surface area contributed by atoms with Gasteiger partial charge in [-0.25, -0.2) is 14.7 Å². The van der Waals surface area contributed by atoms with E-state index >= 15 is 0 Å². The van der Waals surface area contributed by atoms with Crippen LogP contribution in [0.1, 0.15) is 25.8 Å². The number of nitrogens with zero attached hydrogens (tertiary/aromatic N) is 2. The number of rotatable bonds is 6. The molecule has 1 aliphatic heterocycles. The predicted octanol–water partition coefficient (Wildman–Crippen LogP) is 4.37. The summed E-state index contributed by atoms with van der Waals surface area (Å²) in [6.07, 6.45) is -0.803. The Hall–Kier alpha value is -3.24. The molecule has 34 heavy (non-hydrogen) atoms. The van der Waals surface area contributed by atoms with Gasteiger partial charge in [0.2, 0.25) is 11.8 Å². The normalized spacial score (nSPS) is 16.1. The first-order valence-electron chi connectivity index (χ1n) is 10.5. The lowest BCUT2D eigenvalue weighted by molar-refractivity contribution is -0.122. The van der Waals surface area contributed by atoms with E-state index in [1.54, 1.807) is 43.0 Å². The zero-order valence-corrected chi connectivity index (χ0v) is 20.1. The van der Waals surface area contributed by atoms with Crippen molar-refractivity contribution in [1.29, 1.82) is 0 Å². The van der Waals surface area contributed by atoms with E-state index in [2.05, 4.69) is 15.5 Å². The lowest BCUT2D eigenvalue weighted by Crippen LogP contribution is -2.47. The van der Waals surface area contributed by atoms with E-state index in [1.165, 1.54) is 11.8 Å². The first-order valence-corrected chi connectivity index (χ1v) is 11.9. The number of fused-ring (bicyclic) bond motifs is 1. The van der Waals surface area contributed by atoms with Gasteiger partial charge in [-0.2, -0.15) is 0 Å². The Morgan fingerprint density at radius 1 is 1.29 bits per heavy atom. The molecule has 1 aromatic heterocycles. The molecule has 3 aromatic rings. The molecule has 4 rings (SSSR count). The number of carbonyl (C=O) groups excluding carboxylic acids is 1. The highest BCUT2D eigenvalue weighted by molar-refractivity contribution is 7.99. The highest BCUT2D eigenvalue weighted by Gasteiger charge is 2.35. The summed E-state index contributed by atoms with van der Waals surface area (Å²) < 4.78 is 5.10. The predicted molar refractivity (Wildman–Crippen MR) is 129 cm³/mol. The summed E-state index contributed by atoms with van der Waals surface area (Å²) >= 11 is 7.56. The van der Waals surface area contributed by atoms with Crippen molar-refractivity contribution in [3.05, 3.63) is 63.6 Å². The molecule has 178 valence electrons.